The first-order valence-corrected chi connectivity index (χ1v) is 7.30. The molecule has 0 aromatic heterocycles. The fraction of sp³-hybridized carbons (Fsp3) is 0.188. The summed E-state index contributed by atoms with van der Waals surface area (Å²) < 4.78 is 21.2. The molecule has 1 aliphatic heterocycles. The van der Waals surface area contributed by atoms with Crippen molar-refractivity contribution in [3.63, 3.8) is 0 Å². The molecule has 0 unspecified atom stereocenters. The highest BCUT2D eigenvalue weighted by Crippen LogP contribution is 2.34. The van der Waals surface area contributed by atoms with Gasteiger partial charge in [0, 0.05) is 17.8 Å². The van der Waals surface area contributed by atoms with Crippen LogP contribution in [-0.2, 0) is 0 Å². The standard InChI is InChI=1S/C16H16N2O4S/c1-19-11-4-6-13(20-2)12(8-11)18-16(23)17-10-3-5-14-15(7-10)22-9-21-14/h3-8H,9H2,1-2H3,(H2,17,18,23). The van der Waals surface area contributed by atoms with Crippen molar-refractivity contribution in [3.05, 3.63) is 36.4 Å². The second-order valence-electron chi connectivity index (χ2n) is 4.71. The van der Waals surface area contributed by atoms with Crippen LogP contribution in [0.15, 0.2) is 36.4 Å². The zero-order valence-electron chi connectivity index (χ0n) is 12.7. The summed E-state index contributed by atoms with van der Waals surface area (Å²) in [6, 6.07) is 11.0. The van der Waals surface area contributed by atoms with Gasteiger partial charge in [0.05, 0.1) is 19.9 Å². The van der Waals surface area contributed by atoms with E-state index < -0.39 is 0 Å². The molecule has 0 aliphatic carbocycles. The molecule has 0 saturated carbocycles. The minimum absolute atomic E-state index is 0.239. The Labute approximate surface area is 139 Å². The van der Waals surface area contributed by atoms with Crippen LogP contribution in [0.25, 0.3) is 0 Å². The maximum absolute atomic E-state index is 5.34. The van der Waals surface area contributed by atoms with Gasteiger partial charge in [0.1, 0.15) is 11.5 Å². The Kier molecular flexibility index (Phi) is 4.38. The molecule has 0 saturated heterocycles. The Bertz CT molecular complexity index is 736. The molecule has 1 heterocycles. The molecule has 0 bridgehead atoms. The zero-order chi connectivity index (χ0) is 16.2. The summed E-state index contributed by atoms with van der Waals surface area (Å²) in [5.41, 5.74) is 1.51. The summed E-state index contributed by atoms with van der Waals surface area (Å²) in [7, 11) is 3.20. The topological polar surface area (TPSA) is 61.0 Å². The van der Waals surface area contributed by atoms with Crippen molar-refractivity contribution in [2.75, 3.05) is 31.6 Å². The van der Waals surface area contributed by atoms with Gasteiger partial charge in [-0.1, -0.05) is 0 Å². The van der Waals surface area contributed by atoms with Gasteiger partial charge in [-0.15, -0.1) is 0 Å². The van der Waals surface area contributed by atoms with Crippen LogP contribution in [0.4, 0.5) is 11.4 Å². The largest absolute Gasteiger partial charge is 0.497 e. The maximum atomic E-state index is 5.34. The van der Waals surface area contributed by atoms with Gasteiger partial charge in [-0.3, -0.25) is 0 Å². The van der Waals surface area contributed by atoms with E-state index in [1.165, 1.54) is 0 Å². The molecule has 3 rings (SSSR count). The Hall–Kier alpha value is -2.67. The lowest BCUT2D eigenvalue weighted by molar-refractivity contribution is 0.174. The van der Waals surface area contributed by atoms with Crippen molar-refractivity contribution >= 4 is 28.7 Å². The number of hydrogen-bond donors (Lipinski definition) is 2. The molecule has 0 atom stereocenters. The molecule has 2 aromatic carbocycles. The third kappa shape index (κ3) is 3.40. The van der Waals surface area contributed by atoms with Gasteiger partial charge in [-0.05, 0) is 36.5 Å². The Balaban J connectivity index is 1.72. The third-order valence-corrected chi connectivity index (χ3v) is 3.49. The highest BCUT2D eigenvalue weighted by atomic mass is 32.1. The highest BCUT2D eigenvalue weighted by molar-refractivity contribution is 7.80. The number of anilines is 2. The molecule has 0 radical (unpaired) electrons. The van der Waals surface area contributed by atoms with E-state index in [9.17, 15) is 0 Å². The van der Waals surface area contributed by atoms with Crippen LogP contribution in [0.5, 0.6) is 23.0 Å². The number of benzene rings is 2. The lowest BCUT2D eigenvalue weighted by Gasteiger charge is -2.14. The summed E-state index contributed by atoms with van der Waals surface area (Å²) in [5.74, 6) is 2.79. The van der Waals surface area contributed by atoms with Gasteiger partial charge in [-0.25, -0.2) is 0 Å². The number of methoxy groups -OCH3 is 2. The molecule has 23 heavy (non-hydrogen) atoms. The van der Waals surface area contributed by atoms with Crippen molar-refractivity contribution in [1.29, 1.82) is 0 Å². The van der Waals surface area contributed by atoms with Crippen LogP contribution in [0.3, 0.4) is 0 Å². The van der Waals surface area contributed by atoms with Crippen LogP contribution in [0, 0.1) is 0 Å². The first-order chi connectivity index (χ1) is 11.2. The average Bonchev–Trinajstić information content (AvgIpc) is 3.02. The Morgan fingerprint density at radius 1 is 1.00 bits per heavy atom. The lowest BCUT2D eigenvalue weighted by Crippen LogP contribution is -2.19. The Morgan fingerprint density at radius 3 is 2.61 bits per heavy atom. The molecule has 0 fully saturated rings. The third-order valence-electron chi connectivity index (χ3n) is 3.29. The fourth-order valence-electron chi connectivity index (χ4n) is 2.17. The second kappa shape index (κ2) is 6.62. The predicted octanol–water partition coefficient (Wildman–Crippen LogP) is 3.24. The van der Waals surface area contributed by atoms with Crippen molar-refractivity contribution in [1.82, 2.24) is 0 Å². The number of ether oxygens (including phenoxy) is 4. The molecule has 1 aliphatic rings. The van der Waals surface area contributed by atoms with Gasteiger partial charge in [-0.2, -0.15) is 0 Å². The summed E-state index contributed by atoms with van der Waals surface area (Å²) in [6.07, 6.45) is 0. The van der Waals surface area contributed by atoms with E-state index in [-0.39, 0.29) is 6.79 Å². The van der Waals surface area contributed by atoms with Crippen LogP contribution < -0.4 is 29.6 Å². The quantitative estimate of drug-likeness (QED) is 0.834. The van der Waals surface area contributed by atoms with E-state index in [0.717, 1.165) is 11.4 Å². The number of hydrogen-bond acceptors (Lipinski definition) is 5. The minimum atomic E-state index is 0.239. The van der Waals surface area contributed by atoms with Gasteiger partial charge in [0.25, 0.3) is 0 Å². The molecular weight excluding hydrogens is 316 g/mol. The van der Waals surface area contributed by atoms with E-state index in [2.05, 4.69) is 10.6 Å². The van der Waals surface area contributed by atoms with Crippen LogP contribution >= 0.6 is 12.2 Å². The monoisotopic (exact) mass is 332 g/mol. The lowest BCUT2D eigenvalue weighted by atomic mass is 10.2. The summed E-state index contributed by atoms with van der Waals surface area (Å²) in [6.45, 7) is 0.239. The van der Waals surface area contributed by atoms with E-state index in [4.69, 9.17) is 31.2 Å². The van der Waals surface area contributed by atoms with Crippen molar-refractivity contribution < 1.29 is 18.9 Å². The van der Waals surface area contributed by atoms with Gasteiger partial charge in [0.2, 0.25) is 6.79 Å². The Morgan fingerprint density at radius 2 is 1.83 bits per heavy atom. The predicted molar refractivity (Wildman–Crippen MR) is 92.0 cm³/mol. The van der Waals surface area contributed by atoms with Crippen LogP contribution in [0.2, 0.25) is 0 Å². The summed E-state index contributed by atoms with van der Waals surface area (Å²) in [4.78, 5) is 0. The molecule has 120 valence electrons. The van der Waals surface area contributed by atoms with Gasteiger partial charge in [0.15, 0.2) is 16.6 Å². The molecule has 2 aromatic rings. The van der Waals surface area contributed by atoms with Gasteiger partial charge >= 0.3 is 0 Å². The average molecular weight is 332 g/mol. The van der Waals surface area contributed by atoms with E-state index in [1.807, 2.05) is 36.4 Å². The first-order valence-electron chi connectivity index (χ1n) is 6.89. The SMILES string of the molecule is COc1ccc(OC)c(NC(=S)Nc2ccc3c(c2)OCO3)c1. The summed E-state index contributed by atoms with van der Waals surface area (Å²) in [5, 5.41) is 6.62. The molecule has 2 N–H and O–H groups in total. The van der Waals surface area contributed by atoms with Crippen molar-refractivity contribution in [2.24, 2.45) is 0 Å². The zero-order valence-corrected chi connectivity index (χ0v) is 13.5. The minimum Gasteiger partial charge on any atom is -0.497 e. The molecule has 0 spiro atoms. The number of nitrogens with one attached hydrogen (secondary N) is 2. The van der Waals surface area contributed by atoms with Crippen LogP contribution in [0.1, 0.15) is 0 Å². The summed E-state index contributed by atoms with van der Waals surface area (Å²) >= 11 is 5.34. The number of thiocarbonyl (C=S) groups is 1. The van der Waals surface area contributed by atoms with Crippen molar-refractivity contribution in [2.45, 2.75) is 0 Å². The second-order valence-corrected chi connectivity index (χ2v) is 5.12. The molecule has 0 amide bonds. The normalized spacial score (nSPS) is 11.7. The molecular formula is C16H16N2O4S. The number of fused-ring (bicyclic) bond motifs is 1. The maximum Gasteiger partial charge on any atom is 0.231 e. The fourth-order valence-corrected chi connectivity index (χ4v) is 2.40. The highest BCUT2D eigenvalue weighted by Gasteiger charge is 2.14. The van der Waals surface area contributed by atoms with Crippen molar-refractivity contribution in [3.8, 4) is 23.0 Å². The molecule has 6 nitrogen and oxygen atoms in total. The van der Waals surface area contributed by atoms with E-state index in [0.29, 0.717) is 28.0 Å². The smallest absolute Gasteiger partial charge is 0.231 e. The first kappa shape index (κ1) is 15.2. The number of rotatable bonds is 4. The van der Waals surface area contributed by atoms with E-state index in [1.54, 1.807) is 14.2 Å². The van der Waals surface area contributed by atoms with Gasteiger partial charge < -0.3 is 29.6 Å². The molecule has 7 heteroatoms. The van der Waals surface area contributed by atoms with Crippen LogP contribution in [-0.4, -0.2) is 26.1 Å². The van der Waals surface area contributed by atoms with E-state index >= 15 is 0 Å².